The Morgan fingerprint density at radius 3 is 2.25 bits per heavy atom. The van der Waals surface area contributed by atoms with Crippen molar-refractivity contribution in [1.82, 2.24) is 4.90 Å². The summed E-state index contributed by atoms with van der Waals surface area (Å²) in [5, 5.41) is 0.464. The van der Waals surface area contributed by atoms with Crippen LogP contribution in [0.4, 0.5) is 0 Å². The first kappa shape index (κ1) is 25.4. The summed E-state index contributed by atoms with van der Waals surface area (Å²) in [7, 11) is 0. The fourth-order valence-electron chi connectivity index (χ4n) is 5.24. The molecule has 4 aromatic carbocycles. The molecule has 1 unspecified atom stereocenters. The largest absolute Gasteiger partial charge is 0.490 e. The van der Waals surface area contributed by atoms with E-state index in [2.05, 4.69) is 0 Å². The minimum atomic E-state index is -0.647. The first-order chi connectivity index (χ1) is 19.5. The summed E-state index contributed by atoms with van der Waals surface area (Å²) in [6, 6.07) is 30.1. The highest BCUT2D eigenvalue weighted by Gasteiger charge is 2.43. The molecular weight excluding hydrogens is 502 g/mol. The number of hydrogen-bond acceptors (Lipinski definition) is 5. The average Bonchev–Trinajstić information content (AvgIpc) is 3.25. The van der Waals surface area contributed by atoms with E-state index in [1.807, 2.05) is 105 Å². The molecule has 0 fully saturated rings. The third kappa shape index (κ3) is 4.73. The zero-order valence-corrected chi connectivity index (χ0v) is 22.4. The Kier molecular flexibility index (Phi) is 6.83. The molecule has 1 aliphatic rings. The Morgan fingerprint density at radius 1 is 0.800 bits per heavy atom. The van der Waals surface area contributed by atoms with Crippen LogP contribution in [0.1, 0.15) is 51.3 Å². The lowest BCUT2D eigenvalue weighted by Gasteiger charge is -2.26. The van der Waals surface area contributed by atoms with Gasteiger partial charge in [-0.15, -0.1) is 0 Å². The summed E-state index contributed by atoms with van der Waals surface area (Å²) in [5.41, 5.74) is 4.24. The number of amides is 1. The van der Waals surface area contributed by atoms with Crippen molar-refractivity contribution in [3.63, 3.8) is 0 Å². The van der Waals surface area contributed by atoms with Gasteiger partial charge in [0.05, 0.1) is 23.6 Å². The van der Waals surface area contributed by atoms with E-state index in [-0.39, 0.29) is 17.1 Å². The monoisotopic (exact) mass is 531 g/mol. The number of carbonyl (C=O) groups is 1. The number of aryl methyl sites for hydroxylation is 1. The van der Waals surface area contributed by atoms with E-state index in [1.54, 1.807) is 11.0 Å². The molecule has 40 heavy (non-hydrogen) atoms. The van der Waals surface area contributed by atoms with Gasteiger partial charge in [0.2, 0.25) is 5.76 Å². The molecule has 0 aliphatic carbocycles. The van der Waals surface area contributed by atoms with Crippen molar-refractivity contribution in [3.8, 4) is 11.5 Å². The molecule has 2 heterocycles. The molecule has 1 aromatic heterocycles. The van der Waals surface area contributed by atoms with Gasteiger partial charge in [-0.3, -0.25) is 9.59 Å². The minimum Gasteiger partial charge on any atom is -0.490 e. The molecule has 0 radical (unpaired) electrons. The lowest BCUT2D eigenvalue weighted by molar-refractivity contribution is 0.0714. The van der Waals surface area contributed by atoms with Crippen LogP contribution in [0.5, 0.6) is 11.5 Å². The number of rotatable bonds is 8. The van der Waals surface area contributed by atoms with Gasteiger partial charge in [0, 0.05) is 6.54 Å². The second-order valence-electron chi connectivity index (χ2n) is 9.91. The Bertz CT molecular complexity index is 1740. The number of hydrogen-bond donors (Lipinski definition) is 0. The van der Waals surface area contributed by atoms with Crippen LogP contribution < -0.4 is 14.9 Å². The molecule has 0 saturated carbocycles. The second kappa shape index (κ2) is 10.7. The highest BCUT2D eigenvalue weighted by atomic mass is 16.5. The smallest absolute Gasteiger partial charge is 0.291 e. The molecule has 1 aliphatic heterocycles. The zero-order valence-electron chi connectivity index (χ0n) is 22.4. The molecule has 5 aromatic rings. The highest BCUT2D eigenvalue weighted by molar-refractivity contribution is 5.99. The van der Waals surface area contributed by atoms with Crippen LogP contribution in [0.3, 0.4) is 0 Å². The van der Waals surface area contributed by atoms with E-state index in [0.717, 1.165) is 22.3 Å². The summed E-state index contributed by atoms with van der Waals surface area (Å²) in [6.45, 7) is 4.98. The topological polar surface area (TPSA) is 69.0 Å². The van der Waals surface area contributed by atoms with E-state index in [4.69, 9.17) is 13.9 Å². The summed E-state index contributed by atoms with van der Waals surface area (Å²) in [4.78, 5) is 29.5. The summed E-state index contributed by atoms with van der Waals surface area (Å²) >= 11 is 0. The standard InChI is InChI=1S/C34H29NO5/c1-3-38-29-19-25(15-17-28(29)39-21-24-12-8-5-9-13-24)31-30-32(36)26-18-22(2)14-16-27(26)40-33(30)34(37)35(31)20-23-10-6-4-7-11-23/h4-19,31H,3,20-21H2,1-2H3. The molecule has 0 spiro atoms. The first-order valence-electron chi connectivity index (χ1n) is 13.4. The molecular formula is C34H29NO5. The molecule has 0 N–H and O–H groups in total. The number of fused-ring (bicyclic) bond motifs is 2. The first-order valence-corrected chi connectivity index (χ1v) is 13.4. The molecule has 200 valence electrons. The van der Waals surface area contributed by atoms with Gasteiger partial charge in [-0.2, -0.15) is 0 Å². The number of carbonyl (C=O) groups excluding carboxylic acids is 1. The van der Waals surface area contributed by atoms with Crippen LogP contribution in [-0.4, -0.2) is 17.4 Å². The zero-order chi connectivity index (χ0) is 27.6. The van der Waals surface area contributed by atoms with Gasteiger partial charge >= 0.3 is 0 Å². The van der Waals surface area contributed by atoms with Crippen molar-refractivity contribution in [3.05, 3.63) is 141 Å². The van der Waals surface area contributed by atoms with Gasteiger partial charge in [0.1, 0.15) is 12.2 Å². The van der Waals surface area contributed by atoms with Crippen molar-refractivity contribution < 1.29 is 18.7 Å². The molecule has 0 saturated heterocycles. The van der Waals surface area contributed by atoms with Crippen molar-refractivity contribution in [1.29, 1.82) is 0 Å². The maximum Gasteiger partial charge on any atom is 0.291 e. The summed E-state index contributed by atoms with van der Waals surface area (Å²) < 4.78 is 18.2. The van der Waals surface area contributed by atoms with Crippen LogP contribution in [-0.2, 0) is 13.2 Å². The third-order valence-electron chi connectivity index (χ3n) is 7.14. The Morgan fingerprint density at radius 2 is 1.52 bits per heavy atom. The fourth-order valence-corrected chi connectivity index (χ4v) is 5.24. The normalized spacial score (nSPS) is 14.4. The van der Waals surface area contributed by atoms with Crippen LogP contribution in [0, 0.1) is 6.92 Å². The molecule has 1 amide bonds. The van der Waals surface area contributed by atoms with Gasteiger partial charge in [0.25, 0.3) is 5.91 Å². The van der Waals surface area contributed by atoms with Gasteiger partial charge < -0.3 is 18.8 Å². The SMILES string of the molecule is CCOc1cc(C2c3c(oc4ccc(C)cc4c3=O)C(=O)N2Cc2ccccc2)ccc1OCc1ccccc1. The fraction of sp³-hybridized carbons (Fsp3) is 0.176. The molecule has 6 heteroatoms. The van der Waals surface area contributed by atoms with Gasteiger partial charge in [0.15, 0.2) is 16.9 Å². The average molecular weight is 532 g/mol. The number of benzene rings is 4. The van der Waals surface area contributed by atoms with Crippen LogP contribution in [0.25, 0.3) is 11.0 Å². The highest BCUT2D eigenvalue weighted by Crippen LogP contribution is 2.42. The second-order valence-corrected chi connectivity index (χ2v) is 9.91. The van der Waals surface area contributed by atoms with Gasteiger partial charge in [-0.05, 0) is 54.8 Å². The minimum absolute atomic E-state index is 0.0876. The van der Waals surface area contributed by atoms with Crippen molar-refractivity contribution >= 4 is 16.9 Å². The van der Waals surface area contributed by atoms with Crippen molar-refractivity contribution in [2.45, 2.75) is 33.0 Å². The summed E-state index contributed by atoms with van der Waals surface area (Å²) in [6.07, 6.45) is 0. The quantitative estimate of drug-likeness (QED) is 0.220. The van der Waals surface area contributed by atoms with Gasteiger partial charge in [-0.25, -0.2) is 0 Å². The van der Waals surface area contributed by atoms with Crippen LogP contribution >= 0.6 is 0 Å². The maximum absolute atomic E-state index is 13.9. The van der Waals surface area contributed by atoms with Crippen molar-refractivity contribution in [2.24, 2.45) is 0 Å². The van der Waals surface area contributed by atoms with Crippen molar-refractivity contribution in [2.75, 3.05) is 6.61 Å². The summed E-state index contributed by atoms with van der Waals surface area (Å²) in [5.74, 6) is 0.919. The van der Waals surface area contributed by atoms with E-state index >= 15 is 0 Å². The predicted octanol–water partition coefficient (Wildman–Crippen LogP) is 6.82. The lowest BCUT2D eigenvalue weighted by atomic mass is 9.97. The molecule has 6 rings (SSSR count). The van der Waals surface area contributed by atoms with E-state index in [0.29, 0.717) is 47.8 Å². The van der Waals surface area contributed by atoms with Crippen LogP contribution in [0.15, 0.2) is 106 Å². The number of nitrogens with zero attached hydrogens (tertiary/aromatic N) is 1. The maximum atomic E-state index is 13.9. The van der Waals surface area contributed by atoms with Crippen LogP contribution in [0.2, 0.25) is 0 Å². The molecule has 0 bridgehead atoms. The van der Waals surface area contributed by atoms with E-state index in [9.17, 15) is 9.59 Å². The number of ether oxygens (including phenoxy) is 2. The Hall–Kier alpha value is -4.84. The Labute approximate surface area is 232 Å². The van der Waals surface area contributed by atoms with E-state index in [1.165, 1.54) is 0 Å². The Balaban J connectivity index is 1.46. The molecule has 1 atom stereocenters. The third-order valence-corrected chi connectivity index (χ3v) is 7.14. The van der Waals surface area contributed by atoms with E-state index < -0.39 is 6.04 Å². The van der Waals surface area contributed by atoms with Gasteiger partial charge in [-0.1, -0.05) is 78.4 Å². The molecule has 6 nitrogen and oxygen atoms in total. The lowest BCUT2D eigenvalue weighted by Crippen LogP contribution is -2.29. The predicted molar refractivity (Wildman–Crippen MR) is 154 cm³/mol.